The van der Waals surface area contributed by atoms with Gasteiger partial charge in [-0.3, -0.25) is 4.68 Å². The van der Waals surface area contributed by atoms with E-state index in [0.29, 0.717) is 0 Å². The number of hydrogen-bond donors (Lipinski definition) is 0. The van der Waals surface area contributed by atoms with E-state index in [1.54, 1.807) is 7.11 Å². The number of rotatable bonds is 6. The fourth-order valence-corrected chi connectivity index (χ4v) is 3.12. The topological polar surface area (TPSA) is 39.9 Å². The maximum Gasteiger partial charge on any atom is 0.0828 e. The first-order valence-electron chi connectivity index (χ1n) is 6.53. The summed E-state index contributed by atoms with van der Waals surface area (Å²) in [7, 11) is 3.78. The lowest BCUT2D eigenvalue weighted by molar-refractivity contribution is 0.177. The molecule has 17 heavy (non-hydrogen) atoms. The molecule has 1 aliphatic carbocycles. The summed E-state index contributed by atoms with van der Waals surface area (Å²) in [4.78, 5) is 0. The van der Waals surface area contributed by atoms with E-state index in [0.717, 1.165) is 36.5 Å². The molecule has 1 saturated carbocycles. The molecule has 2 rings (SSSR count). The summed E-state index contributed by atoms with van der Waals surface area (Å²) >= 11 is 0. The number of hydrogen-bond acceptors (Lipinski definition) is 3. The van der Waals surface area contributed by atoms with Gasteiger partial charge in [-0.1, -0.05) is 18.6 Å². The quantitative estimate of drug-likeness (QED) is 0.759. The van der Waals surface area contributed by atoms with Crippen LogP contribution in [0, 0.1) is 24.7 Å². The molecule has 0 saturated heterocycles. The highest BCUT2D eigenvalue weighted by atomic mass is 16.5. The minimum Gasteiger partial charge on any atom is -0.384 e. The Bertz CT molecular complexity index is 355. The monoisotopic (exact) mass is 237 g/mol. The van der Waals surface area contributed by atoms with Gasteiger partial charge in [0, 0.05) is 20.8 Å². The third-order valence-electron chi connectivity index (χ3n) is 4.19. The van der Waals surface area contributed by atoms with Gasteiger partial charge in [0.2, 0.25) is 0 Å². The third kappa shape index (κ3) is 2.51. The van der Waals surface area contributed by atoms with Gasteiger partial charge in [-0.2, -0.15) is 0 Å². The van der Waals surface area contributed by atoms with E-state index in [1.807, 2.05) is 18.7 Å². The SMILES string of the molecule is CCC1C(CCc2c(C)nnn2C)C1COC. The Kier molecular flexibility index (Phi) is 3.82. The van der Waals surface area contributed by atoms with Crippen LogP contribution in [0.2, 0.25) is 0 Å². The average molecular weight is 237 g/mol. The highest BCUT2D eigenvalue weighted by Gasteiger charge is 2.47. The summed E-state index contributed by atoms with van der Waals surface area (Å²) in [5.74, 6) is 2.50. The average Bonchev–Trinajstić information content (AvgIpc) is 2.89. The Labute approximate surface area is 103 Å². The molecule has 1 aromatic rings. The maximum atomic E-state index is 5.28. The third-order valence-corrected chi connectivity index (χ3v) is 4.19. The van der Waals surface area contributed by atoms with Crippen molar-refractivity contribution < 1.29 is 4.74 Å². The molecule has 0 amide bonds. The van der Waals surface area contributed by atoms with Crippen molar-refractivity contribution in [2.75, 3.05) is 13.7 Å². The van der Waals surface area contributed by atoms with Crippen molar-refractivity contribution in [3.8, 4) is 0 Å². The van der Waals surface area contributed by atoms with Gasteiger partial charge in [-0.25, -0.2) is 0 Å². The molecule has 1 aromatic heterocycles. The van der Waals surface area contributed by atoms with Gasteiger partial charge >= 0.3 is 0 Å². The smallest absolute Gasteiger partial charge is 0.0828 e. The minimum absolute atomic E-state index is 0.784. The van der Waals surface area contributed by atoms with Crippen molar-refractivity contribution in [2.24, 2.45) is 24.8 Å². The second-order valence-corrected chi connectivity index (χ2v) is 5.14. The Morgan fingerprint density at radius 1 is 1.29 bits per heavy atom. The number of aromatic nitrogens is 3. The fourth-order valence-electron chi connectivity index (χ4n) is 3.12. The van der Waals surface area contributed by atoms with Gasteiger partial charge < -0.3 is 4.74 Å². The molecule has 0 aromatic carbocycles. The van der Waals surface area contributed by atoms with Crippen molar-refractivity contribution in [3.63, 3.8) is 0 Å². The van der Waals surface area contributed by atoms with E-state index >= 15 is 0 Å². The summed E-state index contributed by atoms with van der Waals surface area (Å²) in [5, 5.41) is 8.15. The molecule has 1 heterocycles. The number of nitrogens with zero attached hydrogens (tertiary/aromatic N) is 3. The first-order valence-corrected chi connectivity index (χ1v) is 6.53. The van der Waals surface area contributed by atoms with Crippen LogP contribution in [-0.4, -0.2) is 28.7 Å². The summed E-state index contributed by atoms with van der Waals surface area (Å²) in [6, 6.07) is 0. The summed E-state index contributed by atoms with van der Waals surface area (Å²) in [6.45, 7) is 5.25. The molecule has 0 spiro atoms. The van der Waals surface area contributed by atoms with Gasteiger partial charge in [0.15, 0.2) is 0 Å². The molecule has 4 heteroatoms. The molecule has 3 atom stereocenters. The Morgan fingerprint density at radius 3 is 2.59 bits per heavy atom. The van der Waals surface area contributed by atoms with Gasteiger partial charge in [-0.05, 0) is 37.5 Å². The standard InChI is InChI=1S/C13H23N3O/c1-5-10-11(12(10)8-17-4)6-7-13-9(2)14-15-16(13)3/h10-12H,5-8H2,1-4H3. The van der Waals surface area contributed by atoms with Crippen molar-refractivity contribution in [3.05, 3.63) is 11.4 Å². The largest absolute Gasteiger partial charge is 0.384 e. The van der Waals surface area contributed by atoms with E-state index in [1.165, 1.54) is 18.5 Å². The van der Waals surface area contributed by atoms with E-state index in [-0.39, 0.29) is 0 Å². The zero-order valence-corrected chi connectivity index (χ0v) is 11.3. The molecule has 1 fully saturated rings. The van der Waals surface area contributed by atoms with Gasteiger partial charge in [-0.15, -0.1) is 5.10 Å². The highest BCUT2D eigenvalue weighted by Crippen LogP contribution is 2.51. The van der Waals surface area contributed by atoms with Crippen LogP contribution in [0.3, 0.4) is 0 Å². The maximum absolute atomic E-state index is 5.28. The van der Waals surface area contributed by atoms with Crippen LogP contribution in [0.25, 0.3) is 0 Å². The van der Waals surface area contributed by atoms with Gasteiger partial charge in [0.1, 0.15) is 0 Å². The lowest BCUT2D eigenvalue weighted by Crippen LogP contribution is -2.01. The second kappa shape index (κ2) is 5.17. The first kappa shape index (κ1) is 12.6. The Balaban J connectivity index is 1.87. The van der Waals surface area contributed by atoms with Crippen LogP contribution >= 0.6 is 0 Å². The van der Waals surface area contributed by atoms with Gasteiger partial charge in [0.25, 0.3) is 0 Å². The second-order valence-electron chi connectivity index (χ2n) is 5.14. The number of ether oxygens (including phenoxy) is 1. The molecule has 4 nitrogen and oxygen atoms in total. The molecular weight excluding hydrogens is 214 g/mol. The predicted octanol–water partition coefficient (Wildman–Crippen LogP) is 1.97. The number of methoxy groups -OCH3 is 1. The van der Waals surface area contributed by atoms with E-state index in [2.05, 4.69) is 17.2 Å². The molecule has 0 bridgehead atoms. The molecule has 1 aliphatic rings. The van der Waals surface area contributed by atoms with Crippen molar-refractivity contribution in [1.29, 1.82) is 0 Å². The van der Waals surface area contributed by atoms with E-state index in [4.69, 9.17) is 4.74 Å². The van der Waals surface area contributed by atoms with Crippen LogP contribution in [0.5, 0.6) is 0 Å². The molecule has 0 radical (unpaired) electrons. The van der Waals surface area contributed by atoms with Crippen LogP contribution < -0.4 is 0 Å². The summed E-state index contributed by atoms with van der Waals surface area (Å²) in [6.07, 6.45) is 3.62. The van der Waals surface area contributed by atoms with Crippen LogP contribution in [-0.2, 0) is 18.2 Å². The first-order chi connectivity index (χ1) is 8.19. The zero-order chi connectivity index (χ0) is 12.4. The minimum atomic E-state index is 0.784. The molecule has 96 valence electrons. The normalized spacial score (nSPS) is 27.4. The number of aryl methyl sites for hydroxylation is 2. The predicted molar refractivity (Wildman–Crippen MR) is 66.7 cm³/mol. The summed E-state index contributed by atoms with van der Waals surface area (Å²) in [5.41, 5.74) is 2.35. The molecular formula is C13H23N3O. The Morgan fingerprint density at radius 2 is 2.06 bits per heavy atom. The van der Waals surface area contributed by atoms with Crippen LogP contribution in [0.15, 0.2) is 0 Å². The highest BCUT2D eigenvalue weighted by molar-refractivity contribution is 5.09. The van der Waals surface area contributed by atoms with Crippen molar-refractivity contribution >= 4 is 0 Å². The fraction of sp³-hybridized carbons (Fsp3) is 0.846. The summed E-state index contributed by atoms with van der Waals surface area (Å²) < 4.78 is 7.19. The molecule has 0 aliphatic heterocycles. The lowest BCUT2D eigenvalue weighted by Gasteiger charge is -2.02. The van der Waals surface area contributed by atoms with Crippen molar-refractivity contribution in [2.45, 2.75) is 33.1 Å². The molecule has 0 N–H and O–H groups in total. The van der Waals surface area contributed by atoms with Crippen LogP contribution in [0.4, 0.5) is 0 Å². The van der Waals surface area contributed by atoms with Gasteiger partial charge in [0.05, 0.1) is 11.4 Å². The van der Waals surface area contributed by atoms with Crippen molar-refractivity contribution in [1.82, 2.24) is 15.0 Å². The Hall–Kier alpha value is -0.900. The van der Waals surface area contributed by atoms with E-state index in [9.17, 15) is 0 Å². The zero-order valence-electron chi connectivity index (χ0n) is 11.3. The van der Waals surface area contributed by atoms with E-state index < -0.39 is 0 Å². The van der Waals surface area contributed by atoms with Crippen LogP contribution in [0.1, 0.15) is 31.2 Å². The molecule has 3 unspecified atom stereocenters. The lowest BCUT2D eigenvalue weighted by atomic mass is 10.1.